The number of carbonyl (C=O) groups excluding carboxylic acids is 1. The van der Waals surface area contributed by atoms with Gasteiger partial charge in [0.1, 0.15) is 5.82 Å². The van der Waals surface area contributed by atoms with E-state index in [1.165, 1.54) is 5.56 Å². The molecule has 0 atom stereocenters. The Bertz CT molecular complexity index is 1070. The van der Waals surface area contributed by atoms with E-state index in [1.54, 1.807) is 0 Å². The van der Waals surface area contributed by atoms with Crippen LogP contribution in [0.25, 0.3) is 11.4 Å². The normalized spacial score (nSPS) is 14.1. The summed E-state index contributed by atoms with van der Waals surface area (Å²) < 4.78 is 0. The van der Waals surface area contributed by atoms with Crippen LogP contribution in [0, 0.1) is 27.7 Å². The van der Waals surface area contributed by atoms with Gasteiger partial charge < -0.3 is 9.80 Å². The molecule has 30 heavy (non-hydrogen) atoms. The minimum Gasteiger partial charge on any atom is -0.353 e. The lowest BCUT2D eigenvalue weighted by Gasteiger charge is -2.36. The average Bonchev–Trinajstić information content (AvgIpc) is 2.76. The fourth-order valence-electron chi connectivity index (χ4n) is 3.86. The van der Waals surface area contributed by atoms with Gasteiger partial charge in [0.15, 0.2) is 5.82 Å². The molecule has 2 heterocycles. The Hall–Kier alpha value is -3.21. The maximum atomic E-state index is 12.9. The molecule has 1 aliphatic rings. The molecule has 1 amide bonds. The Morgan fingerprint density at radius 3 is 2.17 bits per heavy atom. The number of piperazine rings is 1. The highest BCUT2D eigenvalue weighted by atomic mass is 16.2. The van der Waals surface area contributed by atoms with Crippen molar-refractivity contribution >= 4 is 11.7 Å². The van der Waals surface area contributed by atoms with Crippen LogP contribution in [0.5, 0.6) is 0 Å². The smallest absolute Gasteiger partial charge is 0.254 e. The zero-order chi connectivity index (χ0) is 21.3. The highest BCUT2D eigenvalue weighted by Crippen LogP contribution is 2.26. The van der Waals surface area contributed by atoms with Crippen molar-refractivity contribution in [2.24, 2.45) is 0 Å². The van der Waals surface area contributed by atoms with Crippen LogP contribution < -0.4 is 4.90 Å². The van der Waals surface area contributed by atoms with Gasteiger partial charge in [-0.15, -0.1) is 0 Å². The maximum Gasteiger partial charge on any atom is 0.254 e. The molecule has 1 aromatic heterocycles. The van der Waals surface area contributed by atoms with Gasteiger partial charge in [0.25, 0.3) is 5.91 Å². The van der Waals surface area contributed by atoms with Crippen molar-refractivity contribution in [3.63, 3.8) is 0 Å². The Labute approximate surface area is 178 Å². The van der Waals surface area contributed by atoms with Crippen molar-refractivity contribution in [3.05, 3.63) is 76.5 Å². The number of amides is 1. The van der Waals surface area contributed by atoms with E-state index in [2.05, 4.69) is 43.0 Å². The van der Waals surface area contributed by atoms with Crippen molar-refractivity contribution in [2.45, 2.75) is 27.7 Å². The van der Waals surface area contributed by atoms with Crippen LogP contribution in [-0.4, -0.2) is 47.0 Å². The third-order valence-corrected chi connectivity index (χ3v) is 5.92. The van der Waals surface area contributed by atoms with Crippen molar-refractivity contribution in [3.8, 4) is 11.4 Å². The zero-order valence-electron chi connectivity index (χ0n) is 18.1. The lowest BCUT2D eigenvalue weighted by atomic mass is 10.1. The largest absolute Gasteiger partial charge is 0.353 e. The Balaban J connectivity index is 1.54. The minimum absolute atomic E-state index is 0.115. The lowest BCUT2D eigenvalue weighted by Crippen LogP contribution is -2.49. The number of anilines is 1. The first kappa shape index (κ1) is 20.1. The number of hydrogen-bond acceptors (Lipinski definition) is 4. The second-order valence-electron chi connectivity index (χ2n) is 8.04. The van der Waals surface area contributed by atoms with E-state index in [1.807, 2.05) is 43.0 Å². The number of hydrogen-bond donors (Lipinski definition) is 0. The number of aryl methyl sites for hydroxylation is 3. The molecule has 3 aromatic rings. The standard InChI is InChI=1S/C25H28N4O/c1-17-9-11-21(12-10-17)23-26-20(4)19(3)24(27-23)28-13-15-29(16-14-28)25(30)22-8-6-5-7-18(22)2/h5-12H,13-16H2,1-4H3. The molecule has 0 radical (unpaired) electrons. The summed E-state index contributed by atoms with van der Waals surface area (Å²) in [6, 6.07) is 16.1. The van der Waals surface area contributed by atoms with E-state index in [4.69, 9.17) is 9.97 Å². The molecular formula is C25H28N4O. The van der Waals surface area contributed by atoms with Gasteiger partial charge in [-0.05, 0) is 39.3 Å². The highest BCUT2D eigenvalue weighted by Gasteiger charge is 2.25. The summed E-state index contributed by atoms with van der Waals surface area (Å²) in [5, 5.41) is 0. The van der Waals surface area contributed by atoms with Crippen LogP contribution >= 0.6 is 0 Å². The van der Waals surface area contributed by atoms with Crippen LogP contribution in [0.3, 0.4) is 0 Å². The average molecular weight is 401 g/mol. The molecule has 0 saturated carbocycles. The number of aromatic nitrogens is 2. The summed E-state index contributed by atoms with van der Waals surface area (Å²) >= 11 is 0. The zero-order valence-corrected chi connectivity index (χ0v) is 18.1. The predicted octanol–water partition coefficient (Wildman–Crippen LogP) is 4.34. The molecule has 5 nitrogen and oxygen atoms in total. The Morgan fingerprint density at radius 1 is 0.833 bits per heavy atom. The topological polar surface area (TPSA) is 49.3 Å². The summed E-state index contributed by atoms with van der Waals surface area (Å²) in [6.45, 7) is 11.1. The van der Waals surface area contributed by atoms with Crippen LogP contribution in [0.1, 0.15) is 32.7 Å². The fourth-order valence-corrected chi connectivity index (χ4v) is 3.86. The number of nitrogens with zero attached hydrogens (tertiary/aromatic N) is 4. The van der Waals surface area contributed by atoms with Gasteiger partial charge in [0.05, 0.1) is 0 Å². The molecule has 0 unspecified atom stereocenters. The molecule has 0 aliphatic carbocycles. The van der Waals surface area contributed by atoms with Crippen molar-refractivity contribution in [1.29, 1.82) is 0 Å². The first-order chi connectivity index (χ1) is 14.4. The van der Waals surface area contributed by atoms with Crippen LogP contribution in [0.4, 0.5) is 5.82 Å². The van der Waals surface area contributed by atoms with Gasteiger partial charge in [0, 0.05) is 48.6 Å². The number of benzene rings is 2. The quantitative estimate of drug-likeness (QED) is 0.656. The third kappa shape index (κ3) is 3.92. The summed E-state index contributed by atoms with van der Waals surface area (Å²) in [7, 11) is 0. The fraction of sp³-hybridized carbons (Fsp3) is 0.320. The van der Waals surface area contributed by atoms with E-state index in [-0.39, 0.29) is 5.91 Å². The molecule has 1 saturated heterocycles. The number of carbonyl (C=O) groups is 1. The summed E-state index contributed by atoms with van der Waals surface area (Å²) in [5.74, 6) is 1.84. The first-order valence-corrected chi connectivity index (χ1v) is 10.5. The van der Waals surface area contributed by atoms with Gasteiger partial charge in [-0.3, -0.25) is 4.79 Å². The highest BCUT2D eigenvalue weighted by molar-refractivity contribution is 5.95. The van der Waals surface area contributed by atoms with Gasteiger partial charge in [0.2, 0.25) is 0 Å². The summed E-state index contributed by atoms with van der Waals surface area (Å²) in [6.07, 6.45) is 0. The molecule has 1 fully saturated rings. The monoisotopic (exact) mass is 400 g/mol. The van der Waals surface area contributed by atoms with Crippen molar-refractivity contribution in [1.82, 2.24) is 14.9 Å². The molecule has 2 aromatic carbocycles. The predicted molar refractivity (Wildman–Crippen MR) is 121 cm³/mol. The molecule has 0 bridgehead atoms. The number of rotatable bonds is 3. The Kier molecular flexibility index (Phi) is 5.53. The lowest BCUT2D eigenvalue weighted by molar-refractivity contribution is 0.0745. The summed E-state index contributed by atoms with van der Waals surface area (Å²) in [4.78, 5) is 26.8. The molecule has 154 valence electrons. The molecule has 0 N–H and O–H groups in total. The van der Waals surface area contributed by atoms with Crippen molar-refractivity contribution in [2.75, 3.05) is 31.1 Å². The van der Waals surface area contributed by atoms with Gasteiger partial charge in [-0.2, -0.15) is 0 Å². The van der Waals surface area contributed by atoms with Crippen LogP contribution in [0.2, 0.25) is 0 Å². The van der Waals surface area contributed by atoms with E-state index in [9.17, 15) is 4.79 Å². The third-order valence-electron chi connectivity index (χ3n) is 5.92. The SMILES string of the molecule is Cc1ccc(-c2nc(C)c(C)c(N3CCN(C(=O)c4ccccc4C)CC3)n2)cc1. The van der Waals surface area contributed by atoms with E-state index in [0.717, 1.165) is 52.7 Å². The molecule has 0 spiro atoms. The molecule has 5 heteroatoms. The maximum absolute atomic E-state index is 12.9. The van der Waals surface area contributed by atoms with Gasteiger partial charge in [-0.25, -0.2) is 9.97 Å². The molecular weight excluding hydrogens is 372 g/mol. The first-order valence-electron chi connectivity index (χ1n) is 10.5. The second kappa shape index (κ2) is 8.27. The van der Waals surface area contributed by atoms with Crippen LogP contribution in [0.15, 0.2) is 48.5 Å². The van der Waals surface area contributed by atoms with Gasteiger partial charge in [-0.1, -0.05) is 48.0 Å². The molecule has 1 aliphatic heterocycles. The van der Waals surface area contributed by atoms with E-state index >= 15 is 0 Å². The van der Waals surface area contributed by atoms with E-state index < -0.39 is 0 Å². The summed E-state index contributed by atoms with van der Waals surface area (Å²) in [5.41, 5.74) is 6.16. The van der Waals surface area contributed by atoms with Gasteiger partial charge >= 0.3 is 0 Å². The Morgan fingerprint density at radius 2 is 1.50 bits per heavy atom. The molecule has 4 rings (SSSR count). The van der Waals surface area contributed by atoms with Crippen LogP contribution in [-0.2, 0) is 0 Å². The van der Waals surface area contributed by atoms with E-state index in [0.29, 0.717) is 13.1 Å². The van der Waals surface area contributed by atoms with Crippen molar-refractivity contribution < 1.29 is 4.79 Å². The second-order valence-corrected chi connectivity index (χ2v) is 8.04. The minimum atomic E-state index is 0.115.